The van der Waals surface area contributed by atoms with Crippen molar-refractivity contribution in [3.63, 3.8) is 0 Å². The first kappa shape index (κ1) is 18.1. The largest absolute Gasteiger partial charge is 0.399 e. The van der Waals surface area contributed by atoms with Gasteiger partial charge in [-0.05, 0) is 30.5 Å². The third-order valence-corrected chi connectivity index (χ3v) is 5.00. The summed E-state index contributed by atoms with van der Waals surface area (Å²) in [5.74, 6) is 0.706. The van der Waals surface area contributed by atoms with Crippen molar-refractivity contribution < 1.29 is 4.79 Å². The summed E-state index contributed by atoms with van der Waals surface area (Å²) in [7, 11) is 0. The number of nitrogens with two attached hydrogens (primary N) is 1. The normalized spacial score (nSPS) is 20.1. The van der Waals surface area contributed by atoms with Crippen LogP contribution in [0.2, 0.25) is 0 Å². The molecule has 0 radical (unpaired) electrons. The van der Waals surface area contributed by atoms with Gasteiger partial charge in [-0.25, -0.2) is 0 Å². The zero-order valence-corrected chi connectivity index (χ0v) is 14.6. The van der Waals surface area contributed by atoms with Crippen LogP contribution in [-0.4, -0.2) is 41.9 Å². The summed E-state index contributed by atoms with van der Waals surface area (Å²) in [4.78, 5) is 17.1. The predicted octanol–water partition coefficient (Wildman–Crippen LogP) is 2.92. The summed E-state index contributed by atoms with van der Waals surface area (Å²) in [6.07, 6.45) is 5.96. The molecular formula is C18H28ClN3O. The maximum atomic E-state index is 12.6. The smallest absolute Gasteiger partial charge is 0.225 e. The molecule has 4 nitrogen and oxygen atoms in total. The zero-order valence-electron chi connectivity index (χ0n) is 13.7. The second kappa shape index (κ2) is 8.55. The maximum Gasteiger partial charge on any atom is 0.225 e. The number of hydrogen-bond acceptors (Lipinski definition) is 3. The van der Waals surface area contributed by atoms with Crippen molar-refractivity contribution in [3.8, 4) is 0 Å². The highest BCUT2D eigenvalue weighted by molar-refractivity contribution is 5.85. The van der Waals surface area contributed by atoms with E-state index in [1.807, 2.05) is 18.2 Å². The Labute approximate surface area is 145 Å². The molecule has 3 rings (SSSR count). The van der Waals surface area contributed by atoms with Gasteiger partial charge in [0.2, 0.25) is 5.91 Å². The van der Waals surface area contributed by atoms with Gasteiger partial charge >= 0.3 is 0 Å². The van der Waals surface area contributed by atoms with Crippen molar-refractivity contribution >= 4 is 24.0 Å². The summed E-state index contributed by atoms with van der Waals surface area (Å²) in [5, 5.41) is 0. The average molecular weight is 338 g/mol. The first-order valence-electron chi connectivity index (χ1n) is 8.58. The van der Waals surface area contributed by atoms with Gasteiger partial charge in [0.05, 0.1) is 0 Å². The topological polar surface area (TPSA) is 49.6 Å². The number of benzene rings is 1. The number of nitrogens with zero attached hydrogens (tertiary/aromatic N) is 2. The highest BCUT2D eigenvalue weighted by Crippen LogP contribution is 2.26. The molecular weight excluding hydrogens is 310 g/mol. The standard InChI is InChI=1S/C18H27N3O.ClH/c19-17-8-4-5-15(13-17)14-20-9-11-21(12-10-20)18(22)16-6-2-1-3-7-16;/h4-5,8,13,16H,1-3,6-7,9-12,14,19H2;1H. The number of carbonyl (C=O) groups is 1. The van der Waals surface area contributed by atoms with Gasteiger partial charge in [-0.3, -0.25) is 9.69 Å². The van der Waals surface area contributed by atoms with Crippen molar-refractivity contribution in [1.82, 2.24) is 9.80 Å². The zero-order chi connectivity index (χ0) is 15.4. The third kappa shape index (κ3) is 4.85. The number of hydrogen-bond donors (Lipinski definition) is 1. The summed E-state index contributed by atoms with van der Waals surface area (Å²) in [6, 6.07) is 8.09. The molecule has 0 spiro atoms. The Bertz CT molecular complexity index is 509. The van der Waals surface area contributed by atoms with Crippen LogP contribution in [0, 0.1) is 5.92 Å². The van der Waals surface area contributed by atoms with Crippen LogP contribution in [0.1, 0.15) is 37.7 Å². The SMILES string of the molecule is Cl.Nc1cccc(CN2CCN(C(=O)C3CCCCC3)CC2)c1. The minimum Gasteiger partial charge on any atom is -0.399 e. The molecule has 1 aliphatic heterocycles. The monoisotopic (exact) mass is 337 g/mol. The molecule has 1 saturated carbocycles. The number of rotatable bonds is 3. The summed E-state index contributed by atoms with van der Waals surface area (Å²) >= 11 is 0. The summed E-state index contributed by atoms with van der Waals surface area (Å²) in [5.41, 5.74) is 7.92. The molecule has 1 aromatic carbocycles. The fourth-order valence-corrected chi connectivity index (χ4v) is 3.68. The summed E-state index contributed by atoms with van der Waals surface area (Å²) < 4.78 is 0. The van der Waals surface area contributed by atoms with Crippen LogP contribution >= 0.6 is 12.4 Å². The molecule has 0 unspecified atom stereocenters. The Morgan fingerprint density at radius 3 is 2.43 bits per heavy atom. The Morgan fingerprint density at radius 1 is 1.09 bits per heavy atom. The van der Waals surface area contributed by atoms with Gasteiger partial charge in [0.15, 0.2) is 0 Å². The van der Waals surface area contributed by atoms with E-state index < -0.39 is 0 Å². The van der Waals surface area contributed by atoms with Crippen molar-refractivity contribution in [2.45, 2.75) is 38.6 Å². The van der Waals surface area contributed by atoms with E-state index in [2.05, 4.69) is 15.9 Å². The van der Waals surface area contributed by atoms with Gasteiger partial charge in [0.25, 0.3) is 0 Å². The van der Waals surface area contributed by atoms with Crippen LogP contribution in [0.4, 0.5) is 5.69 Å². The number of piperazine rings is 1. The first-order valence-corrected chi connectivity index (χ1v) is 8.58. The molecule has 2 N–H and O–H groups in total. The molecule has 2 fully saturated rings. The molecule has 1 amide bonds. The molecule has 23 heavy (non-hydrogen) atoms. The van der Waals surface area contributed by atoms with Gasteiger partial charge in [-0.2, -0.15) is 0 Å². The van der Waals surface area contributed by atoms with Crippen molar-refractivity contribution in [1.29, 1.82) is 0 Å². The molecule has 1 heterocycles. The van der Waals surface area contributed by atoms with Crippen LogP contribution in [0.3, 0.4) is 0 Å². The lowest BCUT2D eigenvalue weighted by Crippen LogP contribution is -2.50. The minimum atomic E-state index is 0. The lowest BCUT2D eigenvalue weighted by atomic mass is 9.88. The second-order valence-electron chi connectivity index (χ2n) is 6.68. The number of amides is 1. The summed E-state index contributed by atoms with van der Waals surface area (Å²) in [6.45, 7) is 4.60. The van der Waals surface area contributed by atoms with E-state index in [0.717, 1.165) is 51.3 Å². The second-order valence-corrected chi connectivity index (χ2v) is 6.68. The molecule has 1 saturated heterocycles. The molecule has 0 bridgehead atoms. The lowest BCUT2D eigenvalue weighted by Gasteiger charge is -2.37. The number of halogens is 1. The van der Waals surface area contributed by atoms with E-state index in [1.54, 1.807) is 0 Å². The maximum absolute atomic E-state index is 12.6. The predicted molar refractivity (Wildman–Crippen MR) is 96.5 cm³/mol. The highest BCUT2D eigenvalue weighted by atomic mass is 35.5. The van der Waals surface area contributed by atoms with Crippen molar-refractivity contribution in [2.24, 2.45) is 5.92 Å². The Morgan fingerprint density at radius 2 is 1.78 bits per heavy atom. The Kier molecular flexibility index (Phi) is 6.72. The molecule has 1 aliphatic carbocycles. The molecule has 2 aliphatic rings. The third-order valence-electron chi connectivity index (χ3n) is 5.00. The fraction of sp³-hybridized carbons (Fsp3) is 0.611. The van der Waals surface area contributed by atoms with Crippen LogP contribution < -0.4 is 5.73 Å². The van der Waals surface area contributed by atoms with E-state index in [9.17, 15) is 4.79 Å². The van der Waals surface area contributed by atoms with E-state index >= 15 is 0 Å². The molecule has 1 aromatic rings. The van der Waals surface area contributed by atoms with Crippen molar-refractivity contribution in [2.75, 3.05) is 31.9 Å². The van der Waals surface area contributed by atoms with E-state index in [1.165, 1.54) is 24.8 Å². The number of anilines is 1. The van der Waals surface area contributed by atoms with E-state index in [-0.39, 0.29) is 12.4 Å². The first-order chi connectivity index (χ1) is 10.7. The number of carbonyl (C=O) groups excluding carboxylic acids is 1. The quantitative estimate of drug-likeness (QED) is 0.863. The minimum absolute atomic E-state index is 0. The highest BCUT2D eigenvalue weighted by Gasteiger charge is 2.28. The Hall–Kier alpha value is -1.26. The van der Waals surface area contributed by atoms with E-state index in [0.29, 0.717) is 11.8 Å². The molecule has 0 aromatic heterocycles. The van der Waals surface area contributed by atoms with Crippen molar-refractivity contribution in [3.05, 3.63) is 29.8 Å². The average Bonchev–Trinajstić information content (AvgIpc) is 2.56. The van der Waals surface area contributed by atoms with Crippen LogP contribution in [-0.2, 0) is 11.3 Å². The fourth-order valence-electron chi connectivity index (χ4n) is 3.68. The molecule has 5 heteroatoms. The molecule has 128 valence electrons. The van der Waals surface area contributed by atoms with Gasteiger partial charge in [0.1, 0.15) is 0 Å². The van der Waals surface area contributed by atoms with E-state index in [4.69, 9.17) is 5.73 Å². The van der Waals surface area contributed by atoms with Crippen LogP contribution in [0.15, 0.2) is 24.3 Å². The number of nitrogen functional groups attached to an aromatic ring is 1. The van der Waals surface area contributed by atoms with Gasteiger partial charge in [-0.1, -0.05) is 31.4 Å². The van der Waals surface area contributed by atoms with Crippen LogP contribution in [0.25, 0.3) is 0 Å². The molecule has 0 atom stereocenters. The lowest BCUT2D eigenvalue weighted by molar-refractivity contribution is -0.138. The van der Waals surface area contributed by atoms with Gasteiger partial charge in [0, 0.05) is 44.3 Å². The van der Waals surface area contributed by atoms with Gasteiger partial charge in [-0.15, -0.1) is 12.4 Å². The Balaban J connectivity index is 0.00000192. The van der Waals surface area contributed by atoms with Crippen LogP contribution in [0.5, 0.6) is 0 Å². The van der Waals surface area contributed by atoms with Gasteiger partial charge < -0.3 is 10.6 Å².